The third-order valence-corrected chi connectivity index (χ3v) is 4.69. The highest BCUT2D eigenvalue weighted by Crippen LogP contribution is 2.21. The molecule has 0 amide bonds. The molecule has 26 heavy (non-hydrogen) atoms. The predicted octanol–water partition coefficient (Wildman–Crippen LogP) is 1.44. The van der Waals surface area contributed by atoms with Crippen molar-refractivity contribution in [1.29, 1.82) is 0 Å². The molecule has 0 unspecified atom stereocenters. The van der Waals surface area contributed by atoms with E-state index in [-0.39, 0.29) is 5.56 Å². The van der Waals surface area contributed by atoms with Gasteiger partial charge in [-0.25, -0.2) is 19.3 Å². The van der Waals surface area contributed by atoms with E-state index in [9.17, 15) is 4.79 Å². The van der Waals surface area contributed by atoms with Crippen molar-refractivity contribution in [3.8, 4) is 5.82 Å². The molecule has 0 atom stereocenters. The van der Waals surface area contributed by atoms with E-state index < -0.39 is 0 Å². The normalized spacial score (nSPS) is 15.3. The fraction of sp³-hybridized carbons (Fsp3) is 0.389. The molecular weight excluding hydrogens is 330 g/mol. The van der Waals surface area contributed by atoms with E-state index >= 15 is 0 Å². The second-order valence-electron chi connectivity index (χ2n) is 6.65. The molecule has 8 heteroatoms. The standard InChI is InChI=1S/C18H21N7O/c1-14-11-19-18(20-12-14)23-9-5-15(6-10-23)13-25-17(26)4-3-16(22-25)24-8-2-7-21-24/h2-4,7-8,11-12,15H,5-6,9-10,13H2,1H3. The molecule has 4 heterocycles. The van der Waals surface area contributed by atoms with Gasteiger partial charge in [-0.15, -0.1) is 5.10 Å². The Morgan fingerprint density at radius 1 is 1.15 bits per heavy atom. The Balaban J connectivity index is 1.42. The number of hydrogen-bond acceptors (Lipinski definition) is 6. The van der Waals surface area contributed by atoms with Crippen molar-refractivity contribution in [1.82, 2.24) is 29.5 Å². The average molecular weight is 351 g/mol. The largest absolute Gasteiger partial charge is 0.341 e. The van der Waals surface area contributed by atoms with Crippen LogP contribution in [0.15, 0.2) is 47.8 Å². The van der Waals surface area contributed by atoms with E-state index in [1.807, 2.05) is 31.6 Å². The first-order chi connectivity index (χ1) is 12.7. The Hall–Kier alpha value is -3.03. The van der Waals surface area contributed by atoms with Crippen LogP contribution in [-0.2, 0) is 6.54 Å². The van der Waals surface area contributed by atoms with Crippen LogP contribution in [0, 0.1) is 12.8 Å². The smallest absolute Gasteiger partial charge is 0.266 e. The Bertz CT molecular complexity index is 909. The molecule has 1 saturated heterocycles. The Labute approximate surface area is 151 Å². The molecule has 0 radical (unpaired) electrons. The van der Waals surface area contributed by atoms with Crippen LogP contribution in [-0.4, -0.2) is 42.6 Å². The lowest BCUT2D eigenvalue weighted by Gasteiger charge is -2.31. The van der Waals surface area contributed by atoms with Gasteiger partial charge in [-0.05, 0) is 43.4 Å². The van der Waals surface area contributed by atoms with Gasteiger partial charge < -0.3 is 4.90 Å². The first-order valence-electron chi connectivity index (χ1n) is 8.81. The third kappa shape index (κ3) is 3.49. The van der Waals surface area contributed by atoms with Gasteiger partial charge in [0.05, 0.1) is 0 Å². The summed E-state index contributed by atoms with van der Waals surface area (Å²) in [6.45, 7) is 4.39. The molecule has 0 N–H and O–H groups in total. The quantitative estimate of drug-likeness (QED) is 0.707. The summed E-state index contributed by atoms with van der Waals surface area (Å²) < 4.78 is 3.22. The third-order valence-electron chi connectivity index (χ3n) is 4.69. The Morgan fingerprint density at radius 3 is 2.62 bits per heavy atom. The summed E-state index contributed by atoms with van der Waals surface area (Å²) in [6.07, 6.45) is 9.17. The summed E-state index contributed by atoms with van der Waals surface area (Å²) in [5, 5.41) is 8.63. The predicted molar refractivity (Wildman–Crippen MR) is 97.3 cm³/mol. The van der Waals surface area contributed by atoms with E-state index in [2.05, 4.69) is 25.1 Å². The summed E-state index contributed by atoms with van der Waals surface area (Å²) in [5.74, 6) is 1.85. The maximum absolute atomic E-state index is 12.2. The van der Waals surface area contributed by atoms with Crippen molar-refractivity contribution in [3.63, 3.8) is 0 Å². The minimum Gasteiger partial charge on any atom is -0.341 e. The Morgan fingerprint density at radius 2 is 1.92 bits per heavy atom. The molecule has 1 aliphatic heterocycles. The van der Waals surface area contributed by atoms with Gasteiger partial charge in [0.25, 0.3) is 5.56 Å². The molecule has 0 aromatic carbocycles. The van der Waals surface area contributed by atoms with Crippen LogP contribution >= 0.6 is 0 Å². The van der Waals surface area contributed by atoms with Gasteiger partial charge in [0.15, 0.2) is 5.82 Å². The fourth-order valence-electron chi connectivity index (χ4n) is 3.20. The number of piperidine rings is 1. The van der Waals surface area contributed by atoms with Crippen molar-refractivity contribution < 1.29 is 0 Å². The SMILES string of the molecule is Cc1cnc(N2CCC(Cn3nc(-n4cccn4)ccc3=O)CC2)nc1. The number of rotatable bonds is 4. The number of nitrogens with zero attached hydrogens (tertiary/aromatic N) is 7. The van der Waals surface area contributed by atoms with Crippen LogP contribution in [0.5, 0.6) is 0 Å². The van der Waals surface area contributed by atoms with Crippen molar-refractivity contribution in [2.75, 3.05) is 18.0 Å². The molecule has 4 rings (SSSR count). The average Bonchev–Trinajstić information content (AvgIpc) is 3.20. The summed E-state index contributed by atoms with van der Waals surface area (Å²) >= 11 is 0. The van der Waals surface area contributed by atoms with Crippen molar-refractivity contribution in [2.45, 2.75) is 26.3 Å². The fourth-order valence-corrected chi connectivity index (χ4v) is 3.20. The van der Waals surface area contributed by atoms with Crippen LogP contribution < -0.4 is 10.5 Å². The van der Waals surface area contributed by atoms with Crippen molar-refractivity contribution >= 4 is 5.95 Å². The van der Waals surface area contributed by atoms with E-state index in [1.54, 1.807) is 27.7 Å². The van der Waals surface area contributed by atoms with E-state index in [0.29, 0.717) is 18.3 Å². The summed E-state index contributed by atoms with van der Waals surface area (Å²) in [7, 11) is 0. The number of aryl methyl sites for hydroxylation is 1. The summed E-state index contributed by atoms with van der Waals surface area (Å²) in [5.41, 5.74) is 0.983. The molecule has 1 aliphatic rings. The number of hydrogen-bond donors (Lipinski definition) is 0. The molecule has 0 aliphatic carbocycles. The summed E-state index contributed by atoms with van der Waals surface area (Å²) in [6, 6.07) is 5.09. The van der Waals surface area contributed by atoms with Gasteiger partial charge in [0, 0.05) is 50.5 Å². The molecule has 8 nitrogen and oxygen atoms in total. The minimum atomic E-state index is -0.0785. The first kappa shape index (κ1) is 16.4. The molecule has 3 aromatic heterocycles. The Kier molecular flexibility index (Phi) is 4.47. The van der Waals surface area contributed by atoms with Gasteiger partial charge in [-0.3, -0.25) is 4.79 Å². The van der Waals surface area contributed by atoms with E-state index in [0.717, 1.165) is 37.4 Å². The highest BCUT2D eigenvalue weighted by atomic mass is 16.1. The van der Waals surface area contributed by atoms with Crippen molar-refractivity contribution in [3.05, 3.63) is 58.9 Å². The van der Waals surface area contributed by atoms with Crippen LogP contribution in [0.25, 0.3) is 5.82 Å². The lowest BCUT2D eigenvalue weighted by atomic mass is 9.97. The maximum Gasteiger partial charge on any atom is 0.266 e. The topological polar surface area (TPSA) is 81.7 Å². The van der Waals surface area contributed by atoms with Crippen LogP contribution in [0.4, 0.5) is 5.95 Å². The van der Waals surface area contributed by atoms with Gasteiger partial charge in [-0.2, -0.15) is 5.10 Å². The van der Waals surface area contributed by atoms with E-state index in [1.165, 1.54) is 0 Å². The van der Waals surface area contributed by atoms with Gasteiger partial charge >= 0.3 is 0 Å². The van der Waals surface area contributed by atoms with E-state index in [4.69, 9.17) is 0 Å². The van der Waals surface area contributed by atoms with Crippen LogP contribution in [0.1, 0.15) is 18.4 Å². The van der Waals surface area contributed by atoms with Crippen molar-refractivity contribution in [2.24, 2.45) is 5.92 Å². The van der Waals surface area contributed by atoms with Crippen LogP contribution in [0.2, 0.25) is 0 Å². The minimum absolute atomic E-state index is 0.0785. The highest BCUT2D eigenvalue weighted by molar-refractivity contribution is 5.30. The molecule has 1 fully saturated rings. The van der Waals surface area contributed by atoms with Gasteiger partial charge in [-0.1, -0.05) is 0 Å². The summed E-state index contributed by atoms with van der Waals surface area (Å²) in [4.78, 5) is 23.2. The zero-order chi connectivity index (χ0) is 17.9. The number of anilines is 1. The van der Waals surface area contributed by atoms with Gasteiger partial charge in [0.2, 0.25) is 5.95 Å². The molecular formula is C18H21N7O. The molecule has 3 aromatic rings. The highest BCUT2D eigenvalue weighted by Gasteiger charge is 2.22. The first-order valence-corrected chi connectivity index (χ1v) is 8.81. The monoisotopic (exact) mass is 351 g/mol. The molecule has 0 bridgehead atoms. The van der Waals surface area contributed by atoms with Crippen LogP contribution in [0.3, 0.4) is 0 Å². The lowest BCUT2D eigenvalue weighted by Crippen LogP contribution is -2.37. The molecule has 0 spiro atoms. The maximum atomic E-state index is 12.2. The molecule has 134 valence electrons. The lowest BCUT2D eigenvalue weighted by molar-refractivity contribution is 0.333. The van der Waals surface area contributed by atoms with Gasteiger partial charge in [0.1, 0.15) is 0 Å². The zero-order valence-electron chi connectivity index (χ0n) is 14.7. The molecule has 0 saturated carbocycles. The number of aromatic nitrogens is 6. The second kappa shape index (κ2) is 7.07. The zero-order valence-corrected chi connectivity index (χ0v) is 14.7. The second-order valence-corrected chi connectivity index (χ2v) is 6.65.